The predicted molar refractivity (Wildman–Crippen MR) is 67.8 cm³/mol. The monoisotopic (exact) mass is 261 g/mol. The number of benzene rings is 1. The van der Waals surface area contributed by atoms with E-state index in [0.717, 1.165) is 24.9 Å². The molecule has 16 heavy (non-hydrogen) atoms. The quantitative estimate of drug-likeness (QED) is 0.355. The molecule has 0 aromatic heterocycles. The lowest BCUT2D eigenvalue weighted by Gasteiger charge is -2.01. The van der Waals surface area contributed by atoms with Gasteiger partial charge in [0.25, 0.3) is 0 Å². The fourth-order valence-corrected chi connectivity index (χ4v) is 2.80. The van der Waals surface area contributed by atoms with E-state index in [-0.39, 0.29) is 0 Å². The molecule has 90 valence electrons. The van der Waals surface area contributed by atoms with Crippen LogP contribution in [-0.4, -0.2) is 18.7 Å². The number of hydrogen-bond acceptors (Lipinski definition) is 4. The summed E-state index contributed by atoms with van der Waals surface area (Å²) in [6, 6.07) is 7.63. The molecular weight excluding hydrogens is 246 g/mol. The minimum absolute atomic E-state index is 0.424. The molecule has 0 aliphatic carbocycles. The van der Waals surface area contributed by atoms with Gasteiger partial charge < -0.3 is 5.73 Å². The Hall–Kier alpha value is -0.720. The number of nitrogens with two attached hydrogens (primary N) is 1. The van der Waals surface area contributed by atoms with Gasteiger partial charge in [-0.1, -0.05) is 12.1 Å². The fourth-order valence-electron chi connectivity index (χ4n) is 1.28. The van der Waals surface area contributed by atoms with Crippen LogP contribution in [0.1, 0.15) is 18.4 Å². The minimum Gasteiger partial charge on any atom is -0.399 e. The van der Waals surface area contributed by atoms with Crippen LogP contribution >= 0.6 is 10.8 Å². The van der Waals surface area contributed by atoms with Gasteiger partial charge in [-0.3, -0.25) is 4.55 Å². The van der Waals surface area contributed by atoms with E-state index in [1.165, 1.54) is 5.56 Å². The van der Waals surface area contributed by atoms with Gasteiger partial charge in [0.2, 0.25) is 0 Å². The van der Waals surface area contributed by atoms with Crippen LogP contribution in [0.3, 0.4) is 0 Å². The lowest BCUT2D eigenvalue weighted by molar-refractivity contribution is 0.503. The Morgan fingerprint density at radius 3 is 2.38 bits per heavy atom. The number of unbranched alkanes of at least 4 members (excludes halogenated alkanes) is 1. The van der Waals surface area contributed by atoms with Crippen molar-refractivity contribution in [2.75, 3.05) is 11.5 Å². The van der Waals surface area contributed by atoms with E-state index in [9.17, 15) is 8.42 Å². The first-order valence-corrected chi connectivity index (χ1v) is 7.88. The second-order valence-electron chi connectivity index (χ2n) is 3.45. The SMILES string of the molecule is Nc1ccc(CCCCSS(=O)(=O)O)cc1. The molecule has 0 fully saturated rings. The van der Waals surface area contributed by atoms with Crippen molar-refractivity contribution in [2.24, 2.45) is 0 Å². The summed E-state index contributed by atoms with van der Waals surface area (Å²) in [6.45, 7) is 0. The van der Waals surface area contributed by atoms with Crippen molar-refractivity contribution in [1.29, 1.82) is 0 Å². The molecule has 0 heterocycles. The fraction of sp³-hybridized carbons (Fsp3) is 0.400. The predicted octanol–water partition coefficient (Wildman–Crippen LogP) is 2.13. The Morgan fingerprint density at radius 1 is 1.19 bits per heavy atom. The maximum absolute atomic E-state index is 10.4. The zero-order valence-corrected chi connectivity index (χ0v) is 10.4. The van der Waals surface area contributed by atoms with Gasteiger partial charge in [0.1, 0.15) is 0 Å². The summed E-state index contributed by atoms with van der Waals surface area (Å²) in [6.07, 6.45) is 2.55. The van der Waals surface area contributed by atoms with Crippen molar-refractivity contribution >= 4 is 25.6 Å². The molecule has 0 bridgehead atoms. The van der Waals surface area contributed by atoms with Gasteiger partial charge in [0.05, 0.1) is 0 Å². The molecule has 1 aromatic carbocycles. The van der Waals surface area contributed by atoms with Crippen LogP contribution in [0, 0.1) is 0 Å². The first-order valence-electron chi connectivity index (χ1n) is 4.93. The standard InChI is InChI=1S/C10H15NO3S2/c11-10-6-4-9(5-7-10)3-1-2-8-15-16(12,13)14/h4-7H,1-3,8,11H2,(H,12,13,14). The average molecular weight is 261 g/mol. The third kappa shape index (κ3) is 5.99. The van der Waals surface area contributed by atoms with Gasteiger partial charge in [0, 0.05) is 11.4 Å². The van der Waals surface area contributed by atoms with Crippen LogP contribution in [0.5, 0.6) is 0 Å². The Labute approximate surface area is 99.4 Å². The van der Waals surface area contributed by atoms with Gasteiger partial charge in [0.15, 0.2) is 0 Å². The van der Waals surface area contributed by atoms with E-state index in [2.05, 4.69) is 0 Å². The van der Waals surface area contributed by atoms with E-state index in [4.69, 9.17) is 10.3 Å². The number of aryl methyl sites for hydroxylation is 1. The van der Waals surface area contributed by atoms with E-state index >= 15 is 0 Å². The highest BCUT2D eigenvalue weighted by Crippen LogP contribution is 2.14. The molecule has 0 atom stereocenters. The number of hydrogen-bond donors (Lipinski definition) is 2. The highest BCUT2D eigenvalue weighted by atomic mass is 33.1. The van der Waals surface area contributed by atoms with E-state index in [0.29, 0.717) is 16.5 Å². The summed E-state index contributed by atoms with van der Waals surface area (Å²) < 4.78 is 29.3. The van der Waals surface area contributed by atoms with Crippen molar-refractivity contribution in [2.45, 2.75) is 19.3 Å². The van der Waals surface area contributed by atoms with Gasteiger partial charge in [-0.25, -0.2) is 0 Å². The van der Waals surface area contributed by atoms with Crippen LogP contribution in [0.15, 0.2) is 24.3 Å². The highest BCUT2D eigenvalue weighted by Gasteiger charge is 2.03. The van der Waals surface area contributed by atoms with Crippen molar-refractivity contribution in [3.05, 3.63) is 29.8 Å². The van der Waals surface area contributed by atoms with Crippen molar-refractivity contribution in [1.82, 2.24) is 0 Å². The zero-order valence-electron chi connectivity index (χ0n) is 8.80. The second kappa shape index (κ2) is 6.12. The molecule has 1 rings (SSSR count). The Kier molecular flexibility index (Phi) is 5.11. The summed E-state index contributed by atoms with van der Waals surface area (Å²) in [5.41, 5.74) is 7.48. The molecule has 4 nitrogen and oxygen atoms in total. The molecule has 6 heteroatoms. The van der Waals surface area contributed by atoms with Crippen molar-refractivity contribution in [3.63, 3.8) is 0 Å². The van der Waals surface area contributed by atoms with Crippen molar-refractivity contribution < 1.29 is 13.0 Å². The average Bonchev–Trinajstić information content (AvgIpc) is 2.19. The largest absolute Gasteiger partial charge is 0.399 e. The maximum atomic E-state index is 10.4. The lowest BCUT2D eigenvalue weighted by atomic mass is 10.1. The molecule has 0 saturated heterocycles. The third-order valence-corrected chi connectivity index (χ3v) is 4.22. The molecule has 0 spiro atoms. The van der Waals surface area contributed by atoms with E-state index < -0.39 is 9.15 Å². The minimum atomic E-state index is -3.87. The first kappa shape index (κ1) is 13.3. The molecule has 3 N–H and O–H groups in total. The summed E-state index contributed by atoms with van der Waals surface area (Å²) in [5.74, 6) is 0.424. The molecule has 0 aliphatic rings. The molecule has 0 aliphatic heterocycles. The molecule has 0 saturated carbocycles. The zero-order chi connectivity index (χ0) is 12.0. The van der Waals surface area contributed by atoms with Crippen LogP contribution in [0.2, 0.25) is 0 Å². The van der Waals surface area contributed by atoms with Gasteiger partial charge in [-0.2, -0.15) is 8.42 Å². The molecular formula is C10H15NO3S2. The number of rotatable bonds is 6. The summed E-state index contributed by atoms with van der Waals surface area (Å²) in [5, 5.41) is 0. The third-order valence-electron chi connectivity index (χ3n) is 2.07. The Balaban J connectivity index is 2.19. The highest BCUT2D eigenvalue weighted by molar-refractivity contribution is 8.69. The molecule has 1 aromatic rings. The van der Waals surface area contributed by atoms with E-state index in [1.807, 2.05) is 24.3 Å². The van der Waals surface area contributed by atoms with Crippen LogP contribution in [0.25, 0.3) is 0 Å². The topological polar surface area (TPSA) is 80.4 Å². The summed E-state index contributed by atoms with van der Waals surface area (Å²) in [4.78, 5) is 0. The maximum Gasteiger partial charge on any atom is 0.319 e. The van der Waals surface area contributed by atoms with Gasteiger partial charge in [-0.05, 0) is 47.8 Å². The number of nitrogen functional groups attached to an aromatic ring is 1. The van der Waals surface area contributed by atoms with Gasteiger partial charge in [-0.15, -0.1) is 0 Å². The molecule has 0 amide bonds. The van der Waals surface area contributed by atoms with Crippen molar-refractivity contribution in [3.8, 4) is 0 Å². The smallest absolute Gasteiger partial charge is 0.319 e. The summed E-state index contributed by atoms with van der Waals surface area (Å²) in [7, 11) is -3.30. The molecule has 0 unspecified atom stereocenters. The normalized spacial score (nSPS) is 11.6. The Morgan fingerprint density at radius 2 is 1.81 bits per heavy atom. The Bertz CT molecular complexity index is 414. The van der Waals surface area contributed by atoms with Crippen LogP contribution in [-0.2, 0) is 15.6 Å². The van der Waals surface area contributed by atoms with Crippen LogP contribution in [0.4, 0.5) is 5.69 Å². The van der Waals surface area contributed by atoms with Crippen LogP contribution < -0.4 is 5.73 Å². The van der Waals surface area contributed by atoms with E-state index in [1.54, 1.807) is 0 Å². The lowest BCUT2D eigenvalue weighted by Crippen LogP contribution is -1.93. The summed E-state index contributed by atoms with van der Waals surface area (Å²) >= 11 is 0. The number of anilines is 1. The molecule has 0 radical (unpaired) electrons. The van der Waals surface area contributed by atoms with Gasteiger partial charge >= 0.3 is 9.15 Å². The first-order chi connectivity index (χ1) is 7.47. The second-order valence-corrected chi connectivity index (χ2v) is 6.92.